The van der Waals surface area contributed by atoms with Crippen molar-refractivity contribution in [1.29, 1.82) is 0 Å². The number of halogens is 1. The van der Waals surface area contributed by atoms with Crippen LogP contribution in [0.5, 0.6) is 0 Å². The summed E-state index contributed by atoms with van der Waals surface area (Å²) in [4.78, 5) is 24.6. The number of thioether (sulfide) groups is 1. The second-order valence-corrected chi connectivity index (χ2v) is 8.34. The second-order valence-electron chi connectivity index (χ2n) is 6.99. The number of nitrogens with one attached hydrogen (secondary N) is 2. The highest BCUT2D eigenvalue weighted by Gasteiger charge is 2.15. The van der Waals surface area contributed by atoms with Crippen molar-refractivity contribution < 1.29 is 9.59 Å². The molecule has 0 atom stereocenters. The van der Waals surface area contributed by atoms with Crippen LogP contribution in [0.4, 0.5) is 5.69 Å². The molecule has 0 aliphatic heterocycles. The van der Waals surface area contributed by atoms with Gasteiger partial charge >= 0.3 is 0 Å². The number of rotatable bonds is 8. The van der Waals surface area contributed by atoms with E-state index < -0.39 is 0 Å². The Morgan fingerprint density at radius 3 is 2.52 bits per heavy atom. The highest BCUT2D eigenvalue weighted by atomic mass is 35.5. The summed E-state index contributed by atoms with van der Waals surface area (Å²) >= 11 is 7.39. The summed E-state index contributed by atoms with van der Waals surface area (Å²) in [6.45, 7) is 6.72. The molecule has 2 aromatic carbocycles. The van der Waals surface area contributed by atoms with Crippen LogP contribution in [0.15, 0.2) is 47.6 Å². The van der Waals surface area contributed by atoms with Gasteiger partial charge < -0.3 is 15.2 Å². The molecule has 0 aliphatic rings. The standard InChI is InChI=1S/C22H24ClN5O2S/c1-4-28-19(12-24-21(30)16-8-5-14(2)6-9-16)26-27-22(28)31-13-20(29)25-17-10-7-15(3)18(23)11-17/h5-11H,4,12-13H2,1-3H3,(H,24,30)(H,25,29). The molecule has 31 heavy (non-hydrogen) atoms. The first-order valence-corrected chi connectivity index (χ1v) is 11.2. The lowest BCUT2D eigenvalue weighted by atomic mass is 10.1. The Hall–Kier alpha value is -2.84. The second kappa shape index (κ2) is 10.5. The van der Waals surface area contributed by atoms with Crippen LogP contribution in [-0.2, 0) is 17.9 Å². The molecule has 0 fully saturated rings. The summed E-state index contributed by atoms with van der Waals surface area (Å²) in [6.07, 6.45) is 0. The van der Waals surface area contributed by atoms with Crippen LogP contribution < -0.4 is 10.6 Å². The molecule has 3 rings (SSSR count). The minimum Gasteiger partial charge on any atom is -0.345 e. The van der Waals surface area contributed by atoms with Crippen molar-refractivity contribution in [2.24, 2.45) is 0 Å². The SMILES string of the molecule is CCn1c(CNC(=O)c2ccc(C)cc2)nnc1SCC(=O)Nc1ccc(C)c(Cl)c1. The molecule has 162 valence electrons. The van der Waals surface area contributed by atoms with E-state index in [2.05, 4.69) is 20.8 Å². The minimum atomic E-state index is -0.170. The zero-order valence-corrected chi connectivity index (χ0v) is 19.2. The smallest absolute Gasteiger partial charge is 0.251 e. The molecule has 3 aromatic rings. The molecule has 0 spiro atoms. The molecular weight excluding hydrogens is 434 g/mol. The van der Waals surface area contributed by atoms with Gasteiger partial charge in [0.25, 0.3) is 5.91 Å². The molecule has 0 radical (unpaired) electrons. The Morgan fingerprint density at radius 2 is 1.84 bits per heavy atom. The summed E-state index contributed by atoms with van der Waals surface area (Å²) < 4.78 is 1.89. The van der Waals surface area contributed by atoms with Crippen molar-refractivity contribution in [2.75, 3.05) is 11.1 Å². The fourth-order valence-corrected chi connectivity index (χ4v) is 3.84. The third-order valence-corrected chi connectivity index (χ3v) is 5.99. The summed E-state index contributed by atoms with van der Waals surface area (Å²) in [5.41, 5.74) is 3.29. The first kappa shape index (κ1) is 22.8. The molecule has 1 heterocycles. The first-order chi connectivity index (χ1) is 14.9. The van der Waals surface area contributed by atoms with E-state index in [9.17, 15) is 9.59 Å². The highest BCUT2D eigenvalue weighted by molar-refractivity contribution is 7.99. The number of amides is 2. The largest absolute Gasteiger partial charge is 0.345 e. The van der Waals surface area contributed by atoms with E-state index in [0.717, 1.165) is 11.1 Å². The average molecular weight is 458 g/mol. The van der Waals surface area contributed by atoms with Crippen LogP contribution >= 0.6 is 23.4 Å². The van der Waals surface area contributed by atoms with Gasteiger partial charge in [0.2, 0.25) is 5.91 Å². The fourth-order valence-electron chi connectivity index (χ4n) is 2.84. The summed E-state index contributed by atoms with van der Waals surface area (Å²) in [7, 11) is 0. The lowest BCUT2D eigenvalue weighted by Gasteiger charge is -2.09. The van der Waals surface area contributed by atoms with E-state index in [4.69, 9.17) is 11.6 Å². The maximum atomic E-state index is 12.3. The van der Waals surface area contributed by atoms with Gasteiger partial charge in [-0.15, -0.1) is 10.2 Å². The van der Waals surface area contributed by atoms with Crippen molar-refractivity contribution in [2.45, 2.75) is 39.0 Å². The maximum Gasteiger partial charge on any atom is 0.251 e. The van der Waals surface area contributed by atoms with E-state index >= 15 is 0 Å². The van der Waals surface area contributed by atoms with Gasteiger partial charge in [0.05, 0.1) is 12.3 Å². The third-order valence-electron chi connectivity index (χ3n) is 4.62. The quantitative estimate of drug-likeness (QED) is 0.494. The molecule has 2 N–H and O–H groups in total. The van der Waals surface area contributed by atoms with E-state index in [0.29, 0.717) is 33.8 Å². The van der Waals surface area contributed by atoms with Gasteiger partial charge in [-0.3, -0.25) is 9.59 Å². The predicted molar refractivity (Wildman–Crippen MR) is 124 cm³/mol. The predicted octanol–water partition coefficient (Wildman–Crippen LogP) is 4.23. The van der Waals surface area contributed by atoms with Gasteiger partial charge in [-0.1, -0.05) is 47.1 Å². The molecule has 7 nitrogen and oxygen atoms in total. The molecule has 0 saturated carbocycles. The van der Waals surface area contributed by atoms with Crippen molar-refractivity contribution in [3.8, 4) is 0 Å². The maximum absolute atomic E-state index is 12.3. The average Bonchev–Trinajstić information content (AvgIpc) is 3.15. The van der Waals surface area contributed by atoms with Gasteiger partial charge in [0.15, 0.2) is 11.0 Å². The molecule has 1 aromatic heterocycles. The first-order valence-electron chi connectivity index (χ1n) is 9.83. The molecule has 0 bridgehead atoms. The number of nitrogens with zero attached hydrogens (tertiary/aromatic N) is 3. The minimum absolute atomic E-state index is 0.162. The molecular formula is C22H24ClN5O2S. The molecule has 9 heteroatoms. The summed E-state index contributed by atoms with van der Waals surface area (Å²) in [6, 6.07) is 12.8. The Kier molecular flexibility index (Phi) is 7.70. The fraction of sp³-hybridized carbons (Fsp3) is 0.273. The molecule has 0 aliphatic carbocycles. The Balaban J connectivity index is 1.56. The van der Waals surface area contributed by atoms with E-state index in [1.165, 1.54) is 11.8 Å². The Labute approximate surface area is 190 Å². The summed E-state index contributed by atoms with van der Waals surface area (Å²) in [5, 5.41) is 15.3. The van der Waals surface area contributed by atoms with Gasteiger partial charge in [-0.05, 0) is 50.6 Å². The number of hydrogen-bond donors (Lipinski definition) is 2. The Morgan fingerprint density at radius 1 is 1.10 bits per heavy atom. The van der Waals surface area contributed by atoms with Crippen LogP contribution in [0.2, 0.25) is 5.02 Å². The van der Waals surface area contributed by atoms with Crippen molar-refractivity contribution >= 4 is 40.9 Å². The topological polar surface area (TPSA) is 88.9 Å². The number of aryl methyl sites for hydroxylation is 2. The molecule has 0 unspecified atom stereocenters. The van der Waals surface area contributed by atoms with Crippen LogP contribution in [0, 0.1) is 13.8 Å². The molecule has 0 saturated heterocycles. The van der Waals surface area contributed by atoms with Gasteiger partial charge in [0.1, 0.15) is 0 Å². The zero-order valence-electron chi connectivity index (χ0n) is 17.6. The number of carbonyl (C=O) groups excluding carboxylic acids is 2. The number of anilines is 1. The number of carbonyl (C=O) groups is 2. The van der Waals surface area contributed by atoms with Crippen LogP contribution in [-0.4, -0.2) is 32.3 Å². The van der Waals surface area contributed by atoms with Gasteiger partial charge in [-0.2, -0.15) is 0 Å². The highest BCUT2D eigenvalue weighted by Crippen LogP contribution is 2.21. The summed E-state index contributed by atoms with van der Waals surface area (Å²) in [5.74, 6) is 0.483. The van der Waals surface area contributed by atoms with Crippen LogP contribution in [0.1, 0.15) is 34.2 Å². The number of hydrogen-bond acceptors (Lipinski definition) is 5. The van der Waals surface area contributed by atoms with E-state index in [-0.39, 0.29) is 24.1 Å². The van der Waals surface area contributed by atoms with E-state index in [1.54, 1.807) is 18.2 Å². The number of aromatic nitrogens is 3. The van der Waals surface area contributed by atoms with Crippen molar-refractivity contribution in [3.63, 3.8) is 0 Å². The van der Waals surface area contributed by atoms with Crippen LogP contribution in [0.3, 0.4) is 0 Å². The van der Waals surface area contributed by atoms with Crippen molar-refractivity contribution in [1.82, 2.24) is 20.1 Å². The molecule has 2 amide bonds. The number of benzene rings is 2. The normalized spacial score (nSPS) is 10.7. The Bertz CT molecular complexity index is 1080. The van der Waals surface area contributed by atoms with Gasteiger partial charge in [0, 0.05) is 22.8 Å². The zero-order chi connectivity index (χ0) is 22.4. The van der Waals surface area contributed by atoms with Crippen molar-refractivity contribution in [3.05, 3.63) is 70.0 Å². The lowest BCUT2D eigenvalue weighted by molar-refractivity contribution is -0.113. The lowest BCUT2D eigenvalue weighted by Crippen LogP contribution is -2.24. The van der Waals surface area contributed by atoms with Crippen LogP contribution in [0.25, 0.3) is 0 Å². The van der Waals surface area contributed by atoms with E-state index in [1.807, 2.05) is 49.6 Å². The third kappa shape index (κ3) is 6.08. The van der Waals surface area contributed by atoms with Gasteiger partial charge in [-0.25, -0.2) is 0 Å². The monoisotopic (exact) mass is 457 g/mol.